The molecule has 1 aliphatic rings. The lowest BCUT2D eigenvalue weighted by molar-refractivity contribution is 0.372. The van der Waals surface area contributed by atoms with E-state index in [2.05, 4.69) is 35.6 Å². The van der Waals surface area contributed by atoms with E-state index in [0.29, 0.717) is 0 Å². The molecule has 1 aliphatic heterocycles. The first-order valence-corrected chi connectivity index (χ1v) is 6.20. The molecule has 1 saturated heterocycles. The van der Waals surface area contributed by atoms with E-state index < -0.39 is 0 Å². The molecular formula is C14H23N. The molecule has 1 heteroatoms. The maximum Gasteiger partial charge on any atom is -0.00462 e. The van der Waals surface area contributed by atoms with Crippen LogP contribution in [0.4, 0.5) is 0 Å². The molecule has 0 atom stereocenters. The van der Waals surface area contributed by atoms with Crippen molar-refractivity contribution in [1.82, 2.24) is 5.32 Å². The lowest BCUT2D eigenvalue weighted by atomic mass is 9.91. The summed E-state index contributed by atoms with van der Waals surface area (Å²) in [5, 5.41) is 3.40. The Bertz CT molecular complexity index is 237. The Hall–Kier alpha value is -0.820. The Morgan fingerprint density at radius 2 is 1.67 bits per heavy atom. The van der Waals surface area contributed by atoms with Crippen LogP contribution in [0, 0.1) is 5.92 Å². The average molecular weight is 205 g/mol. The van der Waals surface area contributed by atoms with Crippen molar-refractivity contribution in [3.63, 3.8) is 0 Å². The topological polar surface area (TPSA) is 12.0 Å². The molecule has 1 heterocycles. The Kier molecular flexibility index (Phi) is 6.10. The minimum atomic E-state index is 0.906. The van der Waals surface area contributed by atoms with Crippen LogP contribution < -0.4 is 5.32 Å². The van der Waals surface area contributed by atoms with Crippen molar-refractivity contribution in [3.8, 4) is 0 Å². The van der Waals surface area contributed by atoms with Gasteiger partial charge in [-0.3, -0.25) is 0 Å². The third kappa shape index (κ3) is 4.48. The fraction of sp³-hybridized carbons (Fsp3) is 0.571. The predicted molar refractivity (Wildman–Crippen MR) is 67.1 cm³/mol. The molecule has 84 valence electrons. The fourth-order valence-corrected chi connectivity index (χ4v) is 2.03. The highest BCUT2D eigenvalue weighted by atomic mass is 14.9. The van der Waals surface area contributed by atoms with Crippen LogP contribution >= 0.6 is 0 Å². The van der Waals surface area contributed by atoms with Crippen molar-refractivity contribution < 1.29 is 0 Å². The predicted octanol–water partition coefficient (Wildman–Crippen LogP) is 3.25. The Morgan fingerprint density at radius 3 is 2.27 bits per heavy atom. The summed E-state index contributed by atoms with van der Waals surface area (Å²) in [5.41, 5.74) is 1.49. The summed E-state index contributed by atoms with van der Waals surface area (Å²) in [6.45, 7) is 6.41. The van der Waals surface area contributed by atoms with Gasteiger partial charge in [0.15, 0.2) is 0 Å². The normalized spacial score (nSPS) is 16.7. The first kappa shape index (κ1) is 12.3. The molecule has 1 N–H and O–H groups in total. The number of hydrogen-bond donors (Lipinski definition) is 1. The molecule has 0 aromatic heterocycles. The van der Waals surface area contributed by atoms with Gasteiger partial charge in [0, 0.05) is 0 Å². The number of piperidine rings is 1. The summed E-state index contributed by atoms with van der Waals surface area (Å²) in [4.78, 5) is 0. The van der Waals surface area contributed by atoms with Gasteiger partial charge < -0.3 is 5.32 Å². The maximum absolute atomic E-state index is 3.40. The number of rotatable bonds is 2. The minimum Gasteiger partial charge on any atom is -0.317 e. The molecule has 0 aliphatic carbocycles. The molecule has 1 nitrogen and oxygen atoms in total. The molecule has 2 rings (SSSR count). The van der Waals surface area contributed by atoms with Gasteiger partial charge in [0.25, 0.3) is 0 Å². The summed E-state index contributed by atoms with van der Waals surface area (Å²) in [6, 6.07) is 10.8. The lowest BCUT2D eigenvalue weighted by Gasteiger charge is -2.22. The van der Waals surface area contributed by atoms with E-state index in [0.717, 1.165) is 5.92 Å². The van der Waals surface area contributed by atoms with E-state index in [9.17, 15) is 0 Å². The van der Waals surface area contributed by atoms with Crippen molar-refractivity contribution in [2.24, 2.45) is 5.92 Å². The highest BCUT2D eigenvalue weighted by Crippen LogP contribution is 2.17. The first-order chi connectivity index (χ1) is 7.45. The van der Waals surface area contributed by atoms with Gasteiger partial charge in [0.2, 0.25) is 0 Å². The highest BCUT2D eigenvalue weighted by Gasteiger charge is 2.12. The van der Waals surface area contributed by atoms with Gasteiger partial charge in [-0.1, -0.05) is 44.2 Å². The summed E-state index contributed by atoms with van der Waals surface area (Å²) in [6.07, 6.45) is 3.95. The second-order valence-corrected chi connectivity index (χ2v) is 3.88. The third-order valence-electron chi connectivity index (χ3n) is 2.83. The maximum atomic E-state index is 3.40. The number of benzene rings is 1. The summed E-state index contributed by atoms with van der Waals surface area (Å²) < 4.78 is 0. The first-order valence-electron chi connectivity index (χ1n) is 6.20. The number of nitrogens with one attached hydrogen (secondary N) is 1. The molecule has 0 amide bonds. The summed E-state index contributed by atoms with van der Waals surface area (Å²) in [5.74, 6) is 0.906. The van der Waals surface area contributed by atoms with Crippen LogP contribution in [-0.2, 0) is 6.42 Å². The fourth-order valence-electron chi connectivity index (χ4n) is 2.03. The molecule has 0 radical (unpaired) electrons. The van der Waals surface area contributed by atoms with E-state index in [4.69, 9.17) is 0 Å². The Morgan fingerprint density at radius 1 is 1.07 bits per heavy atom. The molecule has 1 aromatic rings. The van der Waals surface area contributed by atoms with Crippen LogP contribution in [0.2, 0.25) is 0 Å². The largest absolute Gasteiger partial charge is 0.317 e. The van der Waals surface area contributed by atoms with Gasteiger partial charge in [-0.2, -0.15) is 0 Å². The molecule has 0 saturated carbocycles. The van der Waals surface area contributed by atoms with Crippen LogP contribution in [0.5, 0.6) is 0 Å². The SMILES string of the molecule is CC.c1ccc(CC2CCNCC2)cc1. The average Bonchev–Trinajstić information content (AvgIpc) is 2.34. The van der Waals surface area contributed by atoms with Gasteiger partial charge in [0.1, 0.15) is 0 Å². The zero-order valence-electron chi connectivity index (χ0n) is 10.00. The van der Waals surface area contributed by atoms with Crippen LogP contribution in [0.15, 0.2) is 30.3 Å². The van der Waals surface area contributed by atoms with E-state index in [1.165, 1.54) is 37.9 Å². The van der Waals surface area contributed by atoms with Crippen LogP contribution in [0.1, 0.15) is 32.3 Å². The van der Waals surface area contributed by atoms with Crippen molar-refractivity contribution in [2.75, 3.05) is 13.1 Å². The zero-order chi connectivity index (χ0) is 10.9. The van der Waals surface area contributed by atoms with Crippen LogP contribution in [-0.4, -0.2) is 13.1 Å². The zero-order valence-corrected chi connectivity index (χ0v) is 10.00. The molecule has 0 spiro atoms. The lowest BCUT2D eigenvalue weighted by Crippen LogP contribution is -2.28. The minimum absolute atomic E-state index is 0.906. The van der Waals surface area contributed by atoms with E-state index in [-0.39, 0.29) is 0 Å². The molecule has 1 aromatic carbocycles. The Balaban J connectivity index is 0.000000531. The molecule has 0 unspecified atom stereocenters. The molecule has 15 heavy (non-hydrogen) atoms. The second kappa shape index (κ2) is 7.47. The third-order valence-corrected chi connectivity index (χ3v) is 2.83. The molecular weight excluding hydrogens is 182 g/mol. The molecule has 0 bridgehead atoms. The van der Waals surface area contributed by atoms with E-state index in [1.54, 1.807) is 0 Å². The van der Waals surface area contributed by atoms with Crippen molar-refractivity contribution >= 4 is 0 Å². The summed E-state index contributed by atoms with van der Waals surface area (Å²) in [7, 11) is 0. The second-order valence-electron chi connectivity index (χ2n) is 3.88. The van der Waals surface area contributed by atoms with Gasteiger partial charge in [0.05, 0.1) is 0 Å². The monoisotopic (exact) mass is 205 g/mol. The molecule has 1 fully saturated rings. The smallest absolute Gasteiger partial charge is 0.00462 e. The van der Waals surface area contributed by atoms with Crippen molar-refractivity contribution in [3.05, 3.63) is 35.9 Å². The quantitative estimate of drug-likeness (QED) is 0.781. The van der Waals surface area contributed by atoms with Crippen LogP contribution in [0.3, 0.4) is 0 Å². The highest BCUT2D eigenvalue weighted by molar-refractivity contribution is 5.15. The van der Waals surface area contributed by atoms with E-state index >= 15 is 0 Å². The summed E-state index contributed by atoms with van der Waals surface area (Å²) >= 11 is 0. The number of hydrogen-bond acceptors (Lipinski definition) is 1. The van der Waals surface area contributed by atoms with Gasteiger partial charge in [-0.05, 0) is 43.8 Å². The van der Waals surface area contributed by atoms with Gasteiger partial charge in [-0.15, -0.1) is 0 Å². The standard InChI is InChI=1S/C12H17N.C2H6/c1-2-4-11(5-3-1)10-12-6-8-13-9-7-12;1-2/h1-5,12-13H,6-10H2;1-2H3. The van der Waals surface area contributed by atoms with Crippen molar-refractivity contribution in [1.29, 1.82) is 0 Å². The van der Waals surface area contributed by atoms with Gasteiger partial charge in [-0.25, -0.2) is 0 Å². The van der Waals surface area contributed by atoms with E-state index in [1.807, 2.05) is 13.8 Å². The van der Waals surface area contributed by atoms with Crippen LogP contribution in [0.25, 0.3) is 0 Å². The Labute approximate surface area is 93.9 Å². The van der Waals surface area contributed by atoms with Crippen molar-refractivity contribution in [2.45, 2.75) is 33.1 Å². The van der Waals surface area contributed by atoms with Gasteiger partial charge >= 0.3 is 0 Å².